The van der Waals surface area contributed by atoms with E-state index in [1.807, 2.05) is 18.4 Å². The van der Waals surface area contributed by atoms with E-state index in [0.29, 0.717) is 34.4 Å². The van der Waals surface area contributed by atoms with Gasteiger partial charge in [0.05, 0.1) is 18.1 Å². The van der Waals surface area contributed by atoms with Crippen LogP contribution in [0.25, 0.3) is 43.0 Å². The second kappa shape index (κ2) is 12.9. The zero-order chi connectivity index (χ0) is 34.2. The molecule has 48 heavy (non-hydrogen) atoms. The monoisotopic (exact) mass is 663 g/mol. The minimum Gasteiger partial charge on any atom is -0.464 e. The molecule has 0 aliphatic heterocycles. The maximum Gasteiger partial charge on any atom is 0.418 e. The topological polar surface area (TPSA) is 142 Å². The van der Waals surface area contributed by atoms with Crippen molar-refractivity contribution in [1.82, 2.24) is 19.9 Å². The molecule has 2 aromatic carbocycles. The quantitative estimate of drug-likeness (QED) is 0.168. The first kappa shape index (κ1) is 32.3. The van der Waals surface area contributed by atoms with Crippen LogP contribution in [0.1, 0.15) is 65.5 Å². The fourth-order valence-corrected chi connectivity index (χ4v) is 6.24. The Morgan fingerprint density at radius 1 is 0.938 bits per heavy atom. The molecule has 6 rings (SSSR count). The predicted octanol–water partition coefficient (Wildman–Crippen LogP) is 7.43. The number of nitrogens with zero attached hydrogens (tertiary/aromatic N) is 3. The van der Waals surface area contributed by atoms with Gasteiger partial charge in [0.25, 0.3) is 11.8 Å². The van der Waals surface area contributed by atoms with Crippen LogP contribution >= 0.6 is 11.3 Å². The van der Waals surface area contributed by atoms with Crippen LogP contribution in [0, 0.1) is 0 Å². The highest BCUT2D eigenvalue weighted by molar-refractivity contribution is 7.18. The minimum atomic E-state index is -0.761. The summed E-state index contributed by atoms with van der Waals surface area (Å²) in [7, 11) is 1.23. The van der Waals surface area contributed by atoms with Gasteiger partial charge in [-0.15, -0.1) is 11.3 Å². The molecule has 11 nitrogen and oxygen atoms in total. The molecule has 0 saturated heterocycles. The number of fused-ring (bicyclic) bond motifs is 4. The number of aromatic nitrogens is 3. The lowest BCUT2D eigenvalue weighted by Crippen LogP contribution is -2.26. The fraction of sp³-hybridized carbons (Fsp3) is 0.222. The van der Waals surface area contributed by atoms with Crippen molar-refractivity contribution in [1.29, 1.82) is 0 Å². The summed E-state index contributed by atoms with van der Waals surface area (Å²) in [6.45, 7) is 7.78. The average molecular weight is 664 g/mol. The highest BCUT2D eigenvalue weighted by Gasteiger charge is 2.25. The van der Waals surface area contributed by atoms with Crippen LogP contribution in [0.5, 0.6) is 0 Å². The molecule has 0 radical (unpaired) electrons. The third-order valence-electron chi connectivity index (χ3n) is 7.53. The molecular weight excluding hydrogens is 630 g/mol. The number of hydrogen-bond donors (Lipinski definition) is 2. The molecule has 4 aromatic heterocycles. The number of pyridine rings is 2. The number of nitrogens with one attached hydrogen (secondary N) is 2. The molecule has 0 unspecified atom stereocenters. The highest BCUT2D eigenvalue weighted by Crippen LogP contribution is 2.36. The van der Waals surface area contributed by atoms with Crippen LogP contribution in [0.3, 0.4) is 0 Å². The lowest BCUT2D eigenvalue weighted by atomic mass is 9.94. The van der Waals surface area contributed by atoms with Crippen LogP contribution in [0.15, 0.2) is 72.4 Å². The van der Waals surface area contributed by atoms with E-state index >= 15 is 0 Å². The van der Waals surface area contributed by atoms with E-state index in [1.165, 1.54) is 29.1 Å². The summed E-state index contributed by atoms with van der Waals surface area (Å²) in [6.07, 6.45) is 3.61. The number of amides is 2. The smallest absolute Gasteiger partial charge is 0.418 e. The van der Waals surface area contributed by atoms with E-state index < -0.39 is 29.5 Å². The molecule has 4 heterocycles. The van der Waals surface area contributed by atoms with Gasteiger partial charge in [-0.2, -0.15) is 0 Å². The first-order valence-electron chi connectivity index (χ1n) is 15.3. The van der Waals surface area contributed by atoms with Crippen molar-refractivity contribution in [3.8, 4) is 11.1 Å². The maximum atomic E-state index is 14.2. The lowest BCUT2D eigenvalue weighted by molar-refractivity contribution is 0.0542. The Balaban J connectivity index is 1.45. The summed E-state index contributed by atoms with van der Waals surface area (Å²) in [5.41, 5.74) is 1.94. The van der Waals surface area contributed by atoms with Gasteiger partial charge < -0.3 is 20.1 Å². The maximum absolute atomic E-state index is 14.2. The van der Waals surface area contributed by atoms with E-state index in [4.69, 9.17) is 9.47 Å². The zero-order valence-electron chi connectivity index (χ0n) is 27.0. The molecule has 244 valence electrons. The van der Waals surface area contributed by atoms with Gasteiger partial charge in [0.1, 0.15) is 11.3 Å². The number of ether oxygens (including phenoxy) is 2. The molecule has 0 bridgehead atoms. The van der Waals surface area contributed by atoms with E-state index in [0.717, 1.165) is 27.3 Å². The van der Waals surface area contributed by atoms with Crippen molar-refractivity contribution in [3.05, 3.63) is 89.3 Å². The van der Waals surface area contributed by atoms with Crippen molar-refractivity contribution in [2.75, 3.05) is 19.0 Å². The lowest BCUT2D eigenvalue weighted by Gasteiger charge is -2.19. The van der Waals surface area contributed by atoms with E-state index in [9.17, 15) is 19.2 Å². The van der Waals surface area contributed by atoms with Gasteiger partial charge in [0.15, 0.2) is 5.69 Å². The molecule has 12 heteroatoms. The summed E-state index contributed by atoms with van der Waals surface area (Å²) in [5.74, 6) is -1.64. The van der Waals surface area contributed by atoms with Crippen molar-refractivity contribution >= 4 is 72.8 Å². The first-order chi connectivity index (χ1) is 23.0. The van der Waals surface area contributed by atoms with Crippen LogP contribution in [0.2, 0.25) is 0 Å². The number of esters is 1. The molecule has 2 N–H and O–H groups in total. The van der Waals surface area contributed by atoms with Crippen LogP contribution in [-0.4, -0.2) is 57.7 Å². The van der Waals surface area contributed by atoms with Gasteiger partial charge >= 0.3 is 12.1 Å². The normalized spacial score (nSPS) is 11.5. The predicted molar refractivity (Wildman–Crippen MR) is 186 cm³/mol. The van der Waals surface area contributed by atoms with Crippen molar-refractivity contribution in [2.24, 2.45) is 0 Å². The molecule has 0 fully saturated rings. The molecule has 0 atom stereocenters. The van der Waals surface area contributed by atoms with Gasteiger partial charge in [-0.05, 0) is 92.7 Å². The number of rotatable bonds is 7. The van der Waals surface area contributed by atoms with Gasteiger partial charge in [-0.25, -0.2) is 14.6 Å². The highest BCUT2D eigenvalue weighted by atomic mass is 32.1. The van der Waals surface area contributed by atoms with Crippen LogP contribution in [-0.2, 0) is 9.47 Å². The SMILES string of the molecule is CCCNC(=O)c1ccc(-c2cc3ncc4ccsc4c3cc2C(=O)Nc2ccc3c(ccn3C(=O)OC(C)(C)C)c2)c(C(=O)OC)n1. The number of hydrogen-bond acceptors (Lipinski definition) is 9. The van der Waals surface area contributed by atoms with Crippen molar-refractivity contribution < 1.29 is 28.7 Å². The molecule has 0 aliphatic carbocycles. The Hall–Kier alpha value is -5.62. The zero-order valence-corrected chi connectivity index (χ0v) is 27.9. The Morgan fingerprint density at radius 3 is 2.50 bits per heavy atom. The Labute approximate surface area is 279 Å². The average Bonchev–Trinajstić information content (AvgIpc) is 3.72. The first-order valence-corrected chi connectivity index (χ1v) is 16.2. The van der Waals surface area contributed by atoms with Gasteiger partial charge in [-0.1, -0.05) is 6.92 Å². The molecule has 0 spiro atoms. The second-order valence-corrected chi connectivity index (χ2v) is 13.0. The number of thiophene rings is 1. The number of methoxy groups -OCH3 is 1. The number of benzene rings is 2. The summed E-state index contributed by atoms with van der Waals surface area (Å²) in [5, 5.41) is 10.1. The second-order valence-electron chi connectivity index (χ2n) is 12.1. The summed E-state index contributed by atoms with van der Waals surface area (Å²) >= 11 is 1.53. The third-order valence-corrected chi connectivity index (χ3v) is 8.50. The number of anilines is 1. The summed E-state index contributed by atoms with van der Waals surface area (Å²) in [4.78, 5) is 61.7. The largest absolute Gasteiger partial charge is 0.464 e. The fourth-order valence-electron chi connectivity index (χ4n) is 5.34. The van der Waals surface area contributed by atoms with Crippen molar-refractivity contribution in [2.45, 2.75) is 39.7 Å². The molecule has 0 aliphatic rings. The Bertz CT molecular complexity index is 2250. The van der Waals surface area contributed by atoms with E-state index in [2.05, 4.69) is 20.6 Å². The molecule has 2 amide bonds. The molecule has 0 saturated carbocycles. The third kappa shape index (κ3) is 6.34. The minimum absolute atomic E-state index is 0.0458. The van der Waals surface area contributed by atoms with Gasteiger partial charge in [0.2, 0.25) is 0 Å². The van der Waals surface area contributed by atoms with Crippen LogP contribution in [0.4, 0.5) is 10.5 Å². The van der Waals surface area contributed by atoms with E-state index in [1.54, 1.807) is 75.6 Å². The van der Waals surface area contributed by atoms with Gasteiger partial charge in [0, 0.05) is 56.6 Å². The Kier molecular flexibility index (Phi) is 8.67. The summed E-state index contributed by atoms with van der Waals surface area (Å²) in [6, 6.07) is 15.5. The summed E-state index contributed by atoms with van der Waals surface area (Å²) < 4.78 is 12.9. The Morgan fingerprint density at radius 2 is 1.75 bits per heavy atom. The standard InChI is InChI=1S/C36H33N5O6S/c1-6-13-37-33(43)27-9-8-23(30(40-27)34(44)46-5)24-18-28-26(31-21(19-38-28)12-15-48-31)17-25(24)32(42)39-22-7-10-29-20(16-22)11-14-41(29)35(45)47-36(2,3)4/h7-12,14-19H,6,13H2,1-5H3,(H,37,43)(H,39,42). The van der Waals surface area contributed by atoms with E-state index in [-0.39, 0.29) is 17.0 Å². The van der Waals surface area contributed by atoms with Gasteiger partial charge in [-0.3, -0.25) is 19.1 Å². The van der Waals surface area contributed by atoms with Crippen LogP contribution < -0.4 is 10.6 Å². The molecule has 6 aromatic rings. The van der Waals surface area contributed by atoms with Crippen molar-refractivity contribution in [3.63, 3.8) is 0 Å². The molecular formula is C36H33N5O6S. The number of carbonyl (C=O) groups excluding carboxylic acids is 4. The number of carbonyl (C=O) groups is 4.